The highest BCUT2D eigenvalue weighted by atomic mass is 19.1. The van der Waals surface area contributed by atoms with Gasteiger partial charge in [0.25, 0.3) is 0 Å². The average molecular weight is 177 g/mol. The summed E-state index contributed by atoms with van der Waals surface area (Å²) in [5, 5.41) is 8.24. The van der Waals surface area contributed by atoms with Crippen LogP contribution < -0.4 is 4.74 Å². The number of halogens is 1. The molecule has 1 aromatic carbocycles. The van der Waals surface area contributed by atoms with Gasteiger partial charge in [-0.15, -0.1) is 0 Å². The lowest BCUT2D eigenvalue weighted by Crippen LogP contribution is -1.87. The summed E-state index contributed by atoms with van der Waals surface area (Å²) in [7, 11) is 1.41. The third kappa shape index (κ3) is 2.31. The normalized spacial score (nSPS) is 9.92. The van der Waals surface area contributed by atoms with Gasteiger partial charge in [-0.05, 0) is 23.8 Å². The molecule has 0 saturated carbocycles. The zero-order valence-electron chi connectivity index (χ0n) is 7.12. The molecule has 2 nitrogen and oxygen atoms in total. The van der Waals surface area contributed by atoms with Crippen LogP contribution in [0.15, 0.2) is 24.3 Å². The molecule has 0 aliphatic heterocycles. The third-order valence-corrected chi connectivity index (χ3v) is 1.53. The second-order valence-corrected chi connectivity index (χ2v) is 2.36. The summed E-state index contributed by atoms with van der Waals surface area (Å²) in [5.41, 5.74) is 0.639. The third-order valence-electron chi connectivity index (χ3n) is 1.53. The van der Waals surface area contributed by atoms with Crippen LogP contribution in [-0.2, 0) is 0 Å². The summed E-state index contributed by atoms with van der Waals surface area (Å²) in [6.07, 6.45) is 2.82. The van der Waals surface area contributed by atoms with Crippen LogP contribution in [0.5, 0.6) is 5.75 Å². The van der Waals surface area contributed by atoms with E-state index < -0.39 is 5.82 Å². The maximum absolute atomic E-state index is 13.0. The molecule has 0 aliphatic carbocycles. The number of rotatable bonds is 2. The molecule has 0 unspecified atom stereocenters. The van der Waals surface area contributed by atoms with Crippen molar-refractivity contribution in [1.82, 2.24) is 0 Å². The first-order chi connectivity index (χ1) is 6.27. The van der Waals surface area contributed by atoms with Crippen molar-refractivity contribution in [3.63, 3.8) is 0 Å². The molecule has 1 rings (SSSR count). The molecule has 0 aromatic heterocycles. The van der Waals surface area contributed by atoms with Gasteiger partial charge in [-0.2, -0.15) is 5.26 Å². The van der Waals surface area contributed by atoms with Gasteiger partial charge in [-0.3, -0.25) is 0 Å². The summed E-state index contributed by atoms with van der Waals surface area (Å²) in [6.45, 7) is 0. The number of ether oxygens (including phenoxy) is 1. The zero-order valence-corrected chi connectivity index (χ0v) is 7.12. The van der Waals surface area contributed by atoms with Gasteiger partial charge in [0.15, 0.2) is 11.6 Å². The van der Waals surface area contributed by atoms with E-state index in [4.69, 9.17) is 10.00 Å². The van der Waals surface area contributed by atoms with Crippen LogP contribution in [0.3, 0.4) is 0 Å². The van der Waals surface area contributed by atoms with E-state index in [9.17, 15) is 4.39 Å². The van der Waals surface area contributed by atoms with Crippen LogP contribution in [0.2, 0.25) is 0 Å². The van der Waals surface area contributed by atoms with E-state index >= 15 is 0 Å². The van der Waals surface area contributed by atoms with E-state index in [1.165, 1.54) is 31.4 Å². The summed E-state index contributed by atoms with van der Waals surface area (Å²) >= 11 is 0. The molecule has 0 bridgehead atoms. The SMILES string of the molecule is COc1ccc(C=CC#N)cc1F. The van der Waals surface area contributed by atoms with Gasteiger partial charge in [0.2, 0.25) is 0 Å². The molecule has 0 saturated heterocycles. The van der Waals surface area contributed by atoms with Crippen LogP contribution in [-0.4, -0.2) is 7.11 Å². The van der Waals surface area contributed by atoms with Gasteiger partial charge in [0.05, 0.1) is 13.2 Å². The van der Waals surface area contributed by atoms with E-state index in [1.807, 2.05) is 6.07 Å². The van der Waals surface area contributed by atoms with Crippen molar-refractivity contribution < 1.29 is 9.13 Å². The smallest absolute Gasteiger partial charge is 0.165 e. The molecule has 1 aromatic rings. The Morgan fingerprint density at radius 2 is 2.31 bits per heavy atom. The fourth-order valence-corrected chi connectivity index (χ4v) is 0.920. The van der Waals surface area contributed by atoms with Crippen molar-refractivity contribution in [2.45, 2.75) is 0 Å². The molecule has 0 atom stereocenters. The number of hydrogen-bond acceptors (Lipinski definition) is 2. The van der Waals surface area contributed by atoms with Crippen LogP contribution in [0.4, 0.5) is 4.39 Å². The van der Waals surface area contributed by atoms with E-state index in [2.05, 4.69) is 0 Å². The summed E-state index contributed by atoms with van der Waals surface area (Å²) in [6, 6.07) is 6.34. The minimum Gasteiger partial charge on any atom is -0.494 e. The lowest BCUT2D eigenvalue weighted by Gasteiger charge is -2.01. The molecule has 13 heavy (non-hydrogen) atoms. The lowest BCUT2D eigenvalue weighted by atomic mass is 10.2. The van der Waals surface area contributed by atoms with Crippen molar-refractivity contribution in [3.8, 4) is 11.8 Å². The van der Waals surface area contributed by atoms with Gasteiger partial charge in [-0.1, -0.05) is 6.07 Å². The second kappa shape index (κ2) is 4.27. The Hall–Kier alpha value is -1.82. The summed E-state index contributed by atoms with van der Waals surface area (Å²) in [4.78, 5) is 0. The van der Waals surface area contributed by atoms with Crippen molar-refractivity contribution >= 4 is 6.08 Å². The van der Waals surface area contributed by atoms with Gasteiger partial charge in [-0.25, -0.2) is 4.39 Å². The van der Waals surface area contributed by atoms with Gasteiger partial charge < -0.3 is 4.74 Å². The predicted octanol–water partition coefficient (Wildman–Crippen LogP) is 2.37. The number of nitrogens with zero attached hydrogens (tertiary/aromatic N) is 1. The number of hydrogen-bond donors (Lipinski definition) is 0. The summed E-state index contributed by atoms with van der Waals surface area (Å²) in [5.74, 6) is -0.225. The van der Waals surface area contributed by atoms with Crippen molar-refractivity contribution in [3.05, 3.63) is 35.7 Å². The van der Waals surface area contributed by atoms with E-state index in [-0.39, 0.29) is 5.75 Å². The number of nitriles is 1. The van der Waals surface area contributed by atoms with E-state index in [0.29, 0.717) is 5.56 Å². The highest BCUT2D eigenvalue weighted by Gasteiger charge is 2.00. The molecular weight excluding hydrogens is 169 g/mol. The lowest BCUT2D eigenvalue weighted by molar-refractivity contribution is 0.386. The number of benzene rings is 1. The first-order valence-corrected chi connectivity index (χ1v) is 3.67. The molecule has 3 heteroatoms. The fourth-order valence-electron chi connectivity index (χ4n) is 0.920. The van der Waals surface area contributed by atoms with Crippen molar-refractivity contribution in [1.29, 1.82) is 5.26 Å². The molecule has 0 heterocycles. The first-order valence-electron chi connectivity index (χ1n) is 3.67. The molecule has 66 valence electrons. The number of allylic oxidation sites excluding steroid dienone is 1. The average Bonchev–Trinajstić information content (AvgIpc) is 2.15. The standard InChI is InChI=1S/C10H8FNO/c1-13-10-5-4-8(3-2-6-12)7-9(10)11/h2-5,7H,1H3. The Morgan fingerprint density at radius 3 is 2.85 bits per heavy atom. The first kappa shape index (κ1) is 9.27. The maximum Gasteiger partial charge on any atom is 0.165 e. The molecule has 0 spiro atoms. The van der Waals surface area contributed by atoms with Gasteiger partial charge in [0.1, 0.15) is 0 Å². The zero-order chi connectivity index (χ0) is 9.68. The minimum atomic E-state index is -0.428. The summed E-state index contributed by atoms with van der Waals surface area (Å²) < 4.78 is 17.8. The van der Waals surface area contributed by atoms with Crippen LogP contribution in [0.1, 0.15) is 5.56 Å². The van der Waals surface area contributed by atoms with Gasteiger partial charge in [0, 0.05) is 6.08 Å². The number of methoxy groups -OCH3 is 1. The highest BCUT2D eigenvalue weighted by Crippen LogP contribution is 2.18. The largest absolute Gasteiger partial charge is 0.494 e. The Kier molecular flexibility index (Phi) is 3.04. The quantitative estimate of drug-likeness (QED) is 0.649. The Balaban J connectivity index is 2.97. The van der Waals surface area contributed by atoms with Gasteiger partial charge >= 0.3 is 0 Å². The molecule has 0 fully saturated rings. The Labute approximate surface area is 75.9 Å². The molecular formula is C10H8FNO. The van der Waals surface area contributed by atoms with Crippen LogP contribution in [0.25, 0.3) is 6.08 Å². The molecule has 0 amide bonds. The minimum absolute atomic E-state index is 0.203. The van der Waals surface area contributed by atoms with Crippen LogP contribution in [0, 0.1) is 17.1 Å². The molecule has 0 aliphatic rings. The predicted molar refractivity (Wildman–Crippen MR) is 47.6 cm³/mol. The van der Waals surface area contributed by atoms with Crippen LogP contribution >= 0.6 is 0 Å². The molecule has 0 radical (unpaired) electrons. The Bertz CT molecular complexity index is 366. The highest BCUT2D eigenvalue weighted by molar-refractivity contribution is 5.53. The van der Waals surface area contributed by atoms with Crippen molar-refractivity contribution in [2.24, 2.45) is 0 Å². The molecule has 0 N–H and O–H groups in total. The monoisotopic (exact) mass is 177 g/mol. The topological polar surface area (TPSA) is 33.0 Å². The fraction of sp³-hybridized carbons (Fsp3) is 0.100. The van der Waals surface area contributed by atoms with E-state index in [0.717, 1.165) is 0 Å². The maximum atomic E-state index is 13.0. The second-order valence-electron chi connectivity index (χ2n) is 2.36. The van der Waals surface area contributed by atoms with E-state index in [1.54, 1.807) is 6.07 Å². The Morgan fingerprint density at radius 1 is 1.54 bits per heavy atom. The van der Waals surface area contributed by atoms with Crippen molar-refractivity contribution in [2.75, 3.05) is 7.11 Å².